The van der Waals surface area contributed by atoms with E-state index in [1.54, 1.807) is 0 Å². The van der Waals surface area contributed by atoms with Crippen LogP contribution in [0.1, 0.15) is 27.2 Å². The maximum Gasteiger partial charge on any atom is 0.191 e. The molecular formula is C17H32N6O. The second-order valence-electron chi connectivity index (χ2n) is 6.28. The molecule has 2 unspecified atom stereocenters. The van der Waals surface area contributed by atoms with Gasteiger partial charge in [-0.2, -0.15) is 5.10 Å². The van der Waals surface area contributed by atoms with Gasteiger partial charge in [0.1, 0.15) is 0 Å². The molecule has 1 fully saturated rings. The summed E-state index contributed by atoms with van der Waals surface area (Å²) in [5.41, 5.74) is 0. The quantitative estimate of drug-likeness (QED) is 0.420. The minimum Gasteiger partial charge on any atom is -0.379 e. The third-order valence-corrected chi connectivity index (χ3v) is 4.26. The molecule has 7 heteroatoms. The Morgan fingerprint density at radius 1 is 1.46 bits per heavy atom. The smallest absolute Gasteiger partial charge is 0.191 e. The molecule has 7 nitrogen and oxygen atoms in total. The molecule has 1 aliphatic heterocycles. The number of hydrogen-bond acceptors (Lipinski definition) is 4. The van der Waals surface area contributed by atoms with Crippen molar-refractivity contribution in [2.45, 2.75) is 45.8 Å². The average Bonchev–Trinajstić information content (AvgIpc) is 3.10. The first kappa shape index (κ1) is 18.7. The van der Waals surface area contributed by atoms with Gasteiger partial charge in [-0.15, -0.1) is 0 Å². The lowest BCUT2D eigenvalue weighted by Gasteiger charge is -2.37. The van der Waals surface area contributed by atoms with Gasteiger partial charge in [-0.25, -0.2) is 0 Å². The molecule has 2 heterocycles. The van der Waals surface area contributed by atoms with E-state index in [-0.39, 0.29) is 0 Å². The van der Waals surface area contributed by atoms with Crippen LogP contribution >= 0.6 is 0 Å². The topological polar surface area (TPSA) is 66.7 Å². The normalized spacial score (nSPS) is 20.8. The van der Waals surface area contributed by atoms with Crippen LogP contribution in [0.4, 0.5) is 0 Å². The minimum absolute atomic E-state index is 0.420. The Balaban J connectivity index is 1.74. The number of aromatic nitrogens is 2. The summed E-state index contributed by atoms with van der Waals surface area (Å²) in [6.45, 7) is 12.6. The number of morpholine rings is 1. The van der Waals surface area contributed by atoms with Crippen molar-refractivity contribution in [2.75, 3.05) is 39.4 Å². The van der Waals surface area contributed by atoms with Gasteiger partial charge >= 0.3 is 0 Å². The second kappa shape index (κ2) is 10.3. The predicted octanol–water partition coefficient (Wildman–Crippen LogP) is 0.938. The van der Waals surface area contributed by atoms with Crippen LogP contribution < -0.4 is 10.6 Å². The van der Waals surface area contributed by atoms with Gasteiger partial charge in [0.05, 0.1) is 19.8 Å². The number of aliphatic imine (C=N–C) groups is 1. The number of nitrogens with one attached hydrogen (secondary N) is 2. The molecule has 0 bridgehead atoms. The van der Waals surface area contributed by atoms with E-state index < -0.39 is 0 Å². The van der Waals surface area contributed by atoms with Gasteiger partial charge in [0, 0.05) is 50.7 Å². The molecule has 2 N–H and O–H groups in total. The van der Waals surface area contributed by atoms with Crippen LogP contribution in [0.15, 0.2) is 23.5 Å². The summed E-state index contributed by atoms with van der Waals surface area (Å²) in [4.78, 5) is 7.23. The fourth-order valence-corrected chi connectivity index (χ4v) is 2.95. The molecule has 0 aliphatic carbocycles. The highest BCUT2D eigenvalue weighted by atomic mass is 16.5. The predicted molar refractivity (Wildman–Crippen MR) is 97.3 cm³/mol. The maximum atomic E-state index is 5.51. The fourth-order valence-electron chi connectivity index (χ4n) is 2.95. The lowest BCUT2D eigenvalue weighted by Crippen LogP contribution is -2.49. The van der Waals surface area contributed by atoms with Crippen molar-refractivity contribution in [1.29, 1.82) is 0 Å². The number of rotatable bonds is 8. The van der Waals surface area contributed by atoms with E-state index in [4.69, 9.17) is 9.73 Å². The Morgan fingerprint density at radius 3 is 3.04 bits per heavy atom. The molecule has 0 aromatic carbocycles. The Kier molecular flexibility index (Phi) is 8.04. The van der Waals surface area contributed by atoms with Crippen molar-refractivity contribution in [3.8, 4) is 0 Å². The van der Waals surface area contributed by atoms with Gasteiger partial charge in [0.2, 0.25) is 0 Å². The molecule has 1 aliphatic rings. The average molecular weight is 336 g/mol. The van der Waals surface area contributed by atoms with E-state index in [9.17, 15) is 0 Å². The Hall–Kier alpha value is -1.60. The first-order valence-corrected chi connectivity index (χ1v) is 9.03. The number of nitrogens with zero attached hydrogens (tertiary/aromatic N) is 4. The lowest BCUT2D eigenvalue weighted by atomic mass is 10.2. The van der Waals surface area contributed by atoms with Gasteiger partial charge in [-0.05, 0) is 33.3 Å². The molecule has 136 valence electrons. The summed E-state index contributed by atoms with van der Waals surface area (Å²) in [5, 5.41) is 10.9. The minimum atomic E-state index is 0.420. The van der Waals surface area contributed by atoms with E-state index in [1.165, 1.54) is 0 Å². The highest BCUT2D eigenvalue weighted by Crippen LogP contribution is 2.10. The van der Waals surface area contributed by atoms with Crippen LogP contribution in [0, 0.1) is 0 Å². The zero-order chi connectivity index (χ0) is 17.2. The van der Waals surface area contributed by atoms with Crippen molar-refractivity contribution in [1.82, 2.24) is 25.3 Å². The van der Waals surface area contributed by atoms with Crippen molar-refractivity contribution >= 4 is 5.96 Å². The van der Waals surface area contributed by atoms with E-state index in [0.717, 1.165) is 58.3 Å². The lowest BCUT2D eigenvalue weighted by molar-refractivity contribution is -0.0165. The van der Waals surface area contributed by atoms with Crippen molar-refractivity contribution in [2.24, 2.45) is 4.99 Å². The third-order valence-electron chi connectivity index (χ3n) is 4.26. The highest BCUT2D eigenvalue weighted by molar-refractivity contribution is 5.79. The largest absolute Gasteiger partial charge is 0.379 e. The van der Waals surface area contributed by atoms with E-state index in [2.05, 4.69) is 41.4 Å². The first-order valence-electron chi connectivity index (χ1n) is 9.03. The van der Waals surface area contributed by atoms with E-state index in [0.29, 0.717) is 12.1 Å². The summed E-state index contributed by atoms with van der Waals surface area (Å²) >= 11 is 0. The maximum absolute atomic E-state index is 5.51. The molecule has 24 heavy (non-hydrogen) atoms. The summed E-state index contributed by atoms with van der Waals surface area (Å²) in [7, 11) is 0. The molecule has 0 spiro atoms. The Bertz CT molecular complexity index is 475. The van der Waals surface area contributed by atoms with Gasteiger partial charge in [-0.1, -0.05) is 0 Å². The van der Waals surface area contributed by atoms with Crippen LogP contribution in [0.25, 0.3) is 0 Å². The monoisotopic (exact) mass is 336 g/mol. The van der Waals surface area contributed by atoms with Crippen molar-refractivity contribution < 1.29 is 4.74 Å². The molecular weight excluding hydrogens is 304 g/mol. The molecule has 1 aromatic rings. The molecule has 2 atom stereocenters. The van der Waals surface area contributed by atoms with Crippen LogP contribution in [0.2, 0.25) is 0 Å². The summed E-state index contributed by atoms with van der Waals surface area (Å²) in [6.07, 6.45) is 4.82. The van der Waals surface area contributed by atoms with Gasteiger partial charge in [-0.3, -0.25) is 14.6 Å². The molecule has 0 radical (unpaired) electrons. The fraction of sp³-hybridized carbons (Fsp3) is 0.765. The molecule has 2 rings (SSSR count). The van der Waals surface area contributed by atoms with Crippen LogP contribution in [-0.2, 0) is 11.3 Å². The zero-order valence-corrected chi connectivity index (χ0v) is 15.2. The van der Waals surface area contributed by atoms with Crippen LogP contribution in [0.5, 0.6) is 0 Å². The highest BCUT2D eigenvalue weighted by Gasteiger charge is 2.23. The number of hydrogen-bond donors (Lipinski definition) is 2. The molecule has 1 saturated heterocycles. The molecule has 0 amide bonds. The third kappa shape index (κ3) is 6.13. The van der Waals surface area contributed by atoms with Gasteiger partial charge in [0.25, 0.3) is 0 Å². The number of ether oxygens (including phenoxy) is 1. The Morgan fingerprint density at radius 2 is 2.33 bits per heavy atom. The van der Waals surface area contributed by atoms with Crippen molar-refractivity contribution in [3.05, 3.63) is 18.5 Å². The summed E-state index contributed by atoms with van der Waals surface area (Å²) in [6, 6.07) is 2.84. The standard InChI is InChI=1S/C17H32N6O/c1-4-18-17(19-7-5-9-22-10-6-8-21-22)20-13-15(2)23-11-12-24-14-16(23)3/h6,8,10,15-16H,4-5,7,9,11-14H2,1-3H3,(H2,18,19,20). The number of aryl methyl sites for hydroxylation is 1. The van der Waals surface area contributed by atoms with Crippen LogP contribution in [0.3, 0.4) is 0 Å². The van der Waals surface area contributed by atoms with Gasteiger partial charge in [0.15, 0.2) is 5.96 Å². The van der Waals surface area contributed by atoms with Crippen molar-refractivity contribution in [3.63, 3.8) is 0 Å². The number of guanidine groups is 1. The molecule has 1 aromatic heterocycles. The summed E-state index contributed by atoms with van der Waals surface area (Å²) < 4.78 is 7.47. The zero-order valence-electron chi connectivity index (χ0n) is 15.2. The van der Waals surface area contributed by atoms with E-state index in [1.807, 2.05) is 23.1 Å². The Labute approximate surface area is 145 Å². The SMILES string of the molecule is CCNC(=NCC(C)N1CCOCC1C)NCCCn1cccn1. The van der Waals surface area contributed by atoms with Gasteiger partial charge < -0.3 is 15.4 Å². The second-order valence-corrected chi connectivity index (χ2v) is 6.28. The van der Waals surface area contributed by atoms with E-state index >= 15 is 0 Å². The van der Waals surface area contributed by atoms with Crippen LogP contribution in [-0.4, -0.2) is 72.1 Å². The molecule has 0 saturated carbocycles. The summed E-state index contributed by atoms with van der Waals surface area (Å²) in [5.74, 6) is 0.894. The first-order chi connectivity index (χ1) is 11.7.